The molecule has 1 aromatic carbocycles. The van der Waals surface area contributed by atoms with Crippen molar-refractivity contribution in [2.45, 2.75) is 29.9 Å². The Labute approximate surface area is 144 Å². The highest BCUT2D eigenvalue weighted by atomic mass is 35.5. The van der Waals surface area contributed by atoms with Crippen LogP contribution in [0.15, 0.2) is 23.1 Å². The number of benzene rings is 1. The molecule has 1 aromatic rings. The van der Waals surface area contributed by atoms with E-state index in [0.717, 1.165) is 37.6 Å². The van der Waals surface area contributed by atoms with Gasteiger partial charge in [-0.3, -0.25) is 0 Å². The molecule has 0 saturated carbocycles. The molecular weight excluding hydrogens is 366 g/mol. The minimum atomic E-state index is -3.84. The second-order valence-corrected chi connectivity index (χ2v) is 7.71. The number of nitrogens with one attached hydrogen (secondary N) is 2. The summed E-state index contributed by atoms with van der Waals surface area (Å²) in [5, 5.41) is 3.05. The maximum atomic E-state index is 12.4. The minimum absolute atomic E-state index is 0.125. The molecular formula is C14H19ClF2N2O4S. The van der Waals surface area contributed by atoms with Crippen molar-refractivity contribution in [3.63, 3.8) is 0 Å². The largest absolute Gasteiger partial charge is 0.433 e. The van der Waals surface area contributed by atoms with E-state index >= 15 is 0 Å². The van der Waals surface area contributed by atoms with E-state index in [0.29, 0.717) is 6.61 Å². The molecule has 1 heterocycles. The summed E-state index contributed by atoms with van der Waals surface area (Å²) >= 11 is 5.80. The number of methoxy groups -OCH3 is 1. The van der Waals surface area contributed by atoms with Crippen LogP contribution in [0, 0.1) is 0 Å². The van der Waals surface area contributed by atoms with Crippen LogP contribution in [0.3, 0.4) is 0 Å². The molecule has 2 rings (SSSR count). The number of halogens is 3. The first kappa shape index (κ1) is 19.3. The molecule has 1 aliphatic heterocycles. The van der Waals surface area contributed by atoms with Gasteiger partial charge in [0.2, 0.25) is 10.0 Å². The number of rotatable bonds is 8. The van der Waals surface area contributed by atoms with Crippen LogP contribution in [0.25, 0.3) is 0 Å². The fraction of sp³-hybridized carbons (Fsp3) is 0.571. The zero-order chi connectivity index (χ0) is 17.8. The van der Waals surface area contributed by atoms with Gasteiger partial charge >= 0.3 is 6.61 Å². The zero-order valence-corrected chi connectivity index (χ0v) is 14.6. The highest BCUT2D eigenvalue weighted by Gasteiger charge is 2.34. The molecule has 1 fully saturated rings. The van der Waals surface area contributed by atoms with Crippen LogP contribution in [-0.2, 0) is 14.8 Å². The first-order valence-corrected chi connectivity index (χ1v) is 9.12. The van der Waals surface area contributed by atoms with Gasteiger partial charge in [0.1, 0.15) is 5.75 Å². The Morgan fingerprint density at radius 1 is 1.46 bits per heavy atom. The first-order valence-electron chi connectivity index (χ1n) is 7.26. The molecule has 1 aliphatic rings. The standard InChI is InChI=1S/C14H19ClF2N2O4S/c1-22-9-14(5-2-6-18-14)8-19-24(20,21)10-3-4-12(11(15)7-10)23-13(16)17/h3-4,7,13,18-19H,2,5-6,8-9H2,1H3. The van der Waals surface area contributed by atoms with E-state index in [4.69, 9.17) is 16.3 Å². The van der Waals surface area contributed by atoms with Crippen LogP contribution < -0.4 is 14.8 Å². The number of alkyl halides is 2. The molecule has 136 valence electrons. The SMILES string of the molecule is COCC1(CNS(=O)(=O)c2ccc(OC(F)F)c(Cl)c2)CCCN1. The van der Waals surface area contributed by atoms with Crippen LogP contribution in [0.1, 0.15) is 12.8 Å². The monoisotopic (exact) mass is 384 g/mol. The van der Waals surface area contributed by atoms with Crippen molar-refractivity contribution in [3.05, 3.63) is 23.2 Å². The van der Waals surface area contributed by atoms with Gasteiger partial charge in [-0.15, -0.1) is 0 Å². The van der Waals surface area contributed by atoms with Gasteiger partial charge in [-0.2, -0.15) is 8.78 Å². The number of hydrogen-bond acceptors (Lipinski definition) is 5. The topological polar surface area (TPSA) is 76.7 Å². The molecule has 0 radical (unpaired) electrons. The Morgan fingerprint density at radius 2 is 2.21 bits per heavy atom. The van der Waals surface area contributed by atoms with E-state index in [9.17, 15) is 17.2 Å². The Hall–Kier alpha value is -1.00. The highest BCUT2D eigenvalue weighted by molar-refractivity contribution is 7.89. The average Bonchev–Trinajstić information content (AvgIpc) is 2.96. The lowest BCUT2D eigenvalue weighted by Crippen LogP contribution is -2.52. The van der Waals surface area contributed by atoms with Crippen molar-refractivity contribution in [2.24, 2.45) is 0 Å². The van der Waals surface area contributed by atoms with Crippen LogP contribution >= 0.6 is 11.6 Å². The molecule has 2 N–H and O–H groups in total. The van der Waals surface area contributed by atoms with E-state index in [-0.39, 0.29) is 22.2 Å². The second-order valence-electron chi connectivity index (χ2n) is 5.54. The van der Waals surface area contributed by atoms with E-state index in [1.165, 1.54) is 0 Å². The Bertz CT molecular complexity index is 667. The average molecular weight is 385 g/mol. The van der Waals surface area contributed by atoms with Crippen molar-refractivity contribution in [3.8, 4) is 5.75 Å². The molecule has 24 heavy (non-hydrogen) atoms. The van der Waals surface area contributed by atoms with E-state index in [2.05, 4.69) is 14.8 Å². The summed E-state index contributed by atoms with van der Waals surface area (Å²) in [7, 11) is -2.29. The lowest BCUT2D eigenvalue weighted by Gasteiger charge is -2.28. The van der Waals surface area contributed by atoms with Crippen molar-refractivity contribution in [1.82, 2.24) is 10.0 Å². The van der Waals surface area contributed by atoms with Crippen molar-refractivity contribution in [1.29, 1.82) is 0 Å². The summed E-state index contributed by atoms with van der Waals surface area (Å²) < 4.78 is 61.1. The van der Waals surface area contributed by atoms with Crippen molar-refractivity contribution >= 4 is 21.6 Å². The molecule has 0 aliphatic carbocycles. The summed E-state index contributed by atoms with van der Waals surface area (Å²) in [4.78, 5) is -0.125. The normalized spacial score (nSPS) is 21.4. The Kier molecular flexibility index (Phi) is 6.38. The van der Waals surface area contributed by atoms with Crippen LogP contribution in [0.5, 0.6) is 5.75 Å². The lowest BCUT2D eigenvalue weighted by atomic mass is 9.99. The van der Waals surface area contributed by atoms with Crippen LogP contribution in [-0.4, -0.2) is 47.4 Å². The molecule has 0 amide bonds. The third-order valence-electron chi connectivity index (χ3n) is 3.78. The summed E-state index contributed by atoms with van der Waals surface area (Å²) in [6, 6.07) is 3.34. The van der Waals surface area contributed by atoms with E-state index in [1.54, 1.807) is 7.11 Å². The minimum Gasteiger partial charge on any atom is -0.433 e. The van der Waals surface area contributed by atoms with Gasteiger partial charge < -0.3 is 14.8 Å². The maximum Gasteiger partial charge on any atom is 0.387 e. The van der Waals surface area contributed by atoms with Gasteiger partial charge in [-0.05, 0) is 37.6 Å². The molecule has 0 bridgehead atoms. The van der Waals surface area contributed by atoms with Gasteiger partial charge in [0.15, 0.2) is 0 Å². The molecule has 1 atom stereocenters. The summed E-state index contributed by atoms with van der Waals surface area (Å²) in [6.45, 7) is -1.73. The molecule has 10 heteroatoms. The summed E-state index contributed by atoms with van der Waals surface area (Å²) in [5.41, 5.74) is -0.454. The Morgan fingerprint density at radius 3 is 2.75 bits per heavy atom. The molecule has 1 unspecified atom stereocenters. The van der Waals surface area contributed by atoms with Gasteiger partial charge in [-0.1, -0.05) is 11.6 Å². The quantitative estimate of drug-likeness (QED) is 0.716. The fourth-order valence-corrected chi connectivity index (χ4v) is 4.07. The van der Waals surface area contributed by atoms with Crippen molar-refractivity contribution < 1.29 is 26.7 Å². The number of hydrogen-bond donors (Lipinski definition) is 2. The third-order valence-corrected chi connectivity index (χ3v) is 5.48. The fourth-order valence-electron chi connectivity index (χ4n) is 2.63. The summed E-state index contributed by atoms with van der Waals surface area (Å²) in [5.74, 6) is -0.279. The molecule has 0 spiro atoms. The van der Waals surface area contributed by atoms with E-state index < -0.39 is 22.2 Å². The number of sulfonamides is 1. The molecule has 6 nitrogen and oxygen atoms in total. The van der Waals surface area contributed by atoms with E-state index in [1.807, 2.05) is 0 Å². The predicted octanol–water partition coefficient (Wildman–Crippen LogP) is 1.99. The van der Waals surface area contributed by atoms with Crippen molar-refractivity contribution in [2.75, 3.05) is 26.8 Å². The highest BCUT2D eigenvalue weighted by Crippen LogP contribution is 2.29. The van der Waals surface area contributed by atoms with Gasteiger partial charge in [0, 0.05) is 13.7 Å². The predicted molar refractivity (Wildman–Crippen MR) is 85.1 cm³/mol. The van der Waals surface area contributed by atoms with Gasteiger partial charge in [-0.25, -0.2) is 13.1 Å². The lowest BCUT2D eigenvalue weighted by molar-refractivity contribution is -0.0498. The van der Waals surface area contributed by atoms with Crippen LogP contribution in [0.4, 0.5) is 8.78 Å². The first-order chi connectivity index (χ1) is 11.3. The zero-order valence-electron chi connectivity index (χ0n) is 13.0. The summed E-state index contributed by atoms with van der Waals surface area (Å²) in [6.07, 6.45) is 1.71. The van der Waals surface area contributed by atoms with Gasteiger partial charge in [0.25, 0.3) is 0 Å². The van der Waals surface area contributed by atoms with Crippen LogP contribution in [0.2, 0.25) is 5.02 Å². The number of ether oxygens (including phenoxy) is 2. The smallest absolute Gasteiger partial charge is 0.387 e. The molecule has 0 aromatic heterocycles. The Balaban J connectivity index is 2.11. The van der Waals surface area contributed by atoms with Gasteiger partial charge in [0.05, 0.1) is 22.1 Å². The molecule has 1 saturated heterocycles. The maximum absolute atomic E-state index is 12.4. The second kappa shape index (κ2) is 7.92. The third kappa shape index (κ3) is 4.76.